The minimum atomic E-state index is -0.611. The molecular formula is C11H15N3O2. The van der Waals surface area contributed by atoms with Crippen molar-refractivity contribution in [2.24, 2.45) is 0 Å². The van der Waals surface area contributed by atoms with Crippen LogP contribution in [0.4, 0.5) is 4.79 Å². The lowest BCUT2D eigenvalue weighted by Crippen LogP contribution is -2.43. The van der Waals surface area contributed by atoms with Gasteiger partial charge in [-0.15, -0.1) is 0 Å². The fourth-order valence-corrected chi connectivity index (χ4v) is 1.63. The van der Waals surface area contributed by atoms with Gasteiger partial charge < -0.3 is 4.74 Å². The van der Waals surface area contributed by atoms with Crippen LogP contribution in [0.3, 0.4) is 0 Å². The van der Waals surface area contributed by atoms with Crippen molar-refractivity contribution in [1.29, 1.82) is 10.5 Å². The Morgan fingerprint density at radius 3 is 2.00 bits per heavy atom. The first kappa shape index (κ1) is 12.3. The average Bonchev–Trinajstić information content (AvgIpc) is 2.57. The molecule has 16 heavy (non-hydrogen) atoms. The fourth-order valence-electron chi connectivity index (χ4n) is 1.63. The van der Waals surface area contributed by atoms with E-state index in [1.54, 1.807) is 20.8 Å². The van der Waals surface area contributed by atoms with Crippen LogP contribution in [0.5, 0.6) is 0 Å². The number of rotatable bonds is 0. The molecule has 86 valence electrons. The third kappa shape index (κ3) is 2.64. The topological polar surface area (TPSA) is 77.1 Å². The van der Waals surface area contributed by atoms with E-state index in [1.165, 1.54) is 4.90 Å². The van der Waals surface area contributed by atoms with Gasteiger partial charge in [0.15, 0.2) is 0 Å². The van der Waals surface area contributed by atoms with Gasteiger partial charge in [-0.3, -0.25) is 4.90 Å². The molecule has 0 aromatic heterocycles. The Labute approximate surface area is 95.2 Å². The van der Waals surface area contributed by atoms with Gasteiger partial charge in [0, 0.05) is 0 Å². The first-order valence-electron chi connectivity index (χ1n) is 5.19. The summed E-state index contributed by atoms with van der Waals surface area (Å²) in [5, 5.41) is 17.8. The highest BCUT2D eigenvalue weighted by molar-refractivity contribution is 5.70. The minimum absolute atomic E-state index is 0.536. The van der Waals surface area contributed by atoms with E-state index in [2.05, 4.69) is 0 Å². The maximum atomic E-state index is 11.8. The molecule has 1 heterocycles. The van der Waals surface area contributed by atoms with Crippen LogP contribution in [0.25, 0.3) is 0 Å². The van der Waals surface area contributed by atoms with Crippen molar-refractivity contribution in [1.82, 2.24) is 4.90 Å². The molecule has 1 saturated heterocycles. The van der Waals surface area contributed by atoms with Gasteiger partial charge in [-0.25, -0.2) is 4.79 Å². The molecule has 1 fully saturated rings. The Bertz CT molecular complexity index is 337. The van der Waals surface area contributed by atoms with Gasteiger partial charge in [0.25, 0.3) is 0 Å². The molecule has 0 bridgehead atoms. The summed E-state index contributed by atoms with van der Waals surface area (Å²) in [6.45, 7) is 5.26. The molecule has 0 spiro atoms. The van der Waals surface area contributed by atoms with Crippen LogP contribution < -0.4 is 0 Å². The molecule has 5 heteroatoms. The lowest BCUT2D eigenvalue weighted by atomic mass is 10.2. The zero-order chi connectivity index (χ0) is 12.3. The Kier molecular flexibility index (Phi) is 3.39. The first-order valence-corrected chi connectivity index (χ1v) is 5.19. The number of nitrogens with zero attached hydrogens (tertiary/aromatic N) is 3. The van der Waals surface area contributed by atoms with E-state index < -0.39 is 23.8 Å². The van der Waals surface area contributed by atoms with Crippen molar-refractivity contribution in [2.45, 2.75) is 51.3 Å². The van der Waals surface area contributed by atoms with E-state index in [0.29, 0.717) is 12.8 Å². The number of hydrogen-bond acceptors (Lipinski definition) is 4. The molecule has 0 N–H and O–H groups in total. The Morgan fingerprint density at radius 2 is 1.69 bits per heavy atom. The van der Waals surface area contributed by atoms with Crippen molar-refractivity contribution < 1.29 is 9.53 Å². The molecule has 0 aliphatic carbocycles. The second-order valence-corrected chi connectivity index (χ2v) is 4.75. The smallest absolute Gasteiger partial charge is 0.412 e. The zero-order valence-corrected chi connectivity index (χ0v) is 9.73. The highest BCUT2D eigenvalue weighted by Crippen LogP contribution is 2.25. The molecule has 1 amide bonds. The van der Waals surface area contributed by atoms with Crippen LogP contribution in [0.15, 0.2) is 0 Å². The predicted molar refractivity (Wildman–Crippen MR) is 56.1 cm³/mol. The molecule has 2 atom stereocenters. The lowest BCUT2D eigenvalue weighted by molar-refractivity contribution is 0.0221. The molecule has 5 nitrogen and oxygen atoms in total. The largest absolute Gasteiger partial charge is 0.444 e. The molecule has 1 rings (SSSR count). The minimum Gasteiger partial charge on any atom is -0.444 e. The Morgan fingerprint density at radius 1 is 1.25 bits per heavy atom. The summed E-state index contributed by atoms with van der Waals surface area (Å²) in [4.78, 5) is 13.0. The molecule has 0 aromatic carbocycles. The van der Waals surface area contributed by atoms with Gasteiger partial charge in [0.2, 0.25) is 0 Å². The standard InChI is InChI=1S/C11H15N3O2/c1-11(2,3)16-10(15)14-8(6-12)4-5-9(14)7-13/h8-9H,4-5H2,1-3H3/t8-,9+. The highest BCUT2D eigenvalue weighted by Gasteiger charge is 2.39. The van der Waals surface area contributed by atoms with Gasteiger partial charge in [-0.1, -0.05) is 0 Å². The molecule has 0 radical (unpaired) electrons. The van der Waals surface area contributed by atoms with E-state index >= 15 is 0 Å². The van der Waals surface area contributed by atoms with Gasteiger partial charge in [0.1, 0.15) is 17.7 Å². The number of ether oxygens (including phenoxy) is 1. The maximum absolute atomic E-state index is 11.8. The van der Waals surface area contributed by atoms with E-state index in [0.717, 1.165) is 0 Å². The van der Waals surface area contributed by atoms with Gasteiger partial charge in [0.05, 0.1) is 12.1 Å². The van der Waals surface area contributed by atoms with Crippen LogP contribution in [-0.4, -0.2) is 28.7 Å². The van der Waals surface area contributed by atoms with Crippen molar-refractivity contribution >= 4 is 6.09 Å². The number of likely N-dealkylation sites (tertiary alicyclic amines) is 1. The second kappa shape index (κ2) is 4.40. The number of hydrogen-bond donors (Lipinski definition) is 0. The number of carbonyl (C=O) groups excluding carboxylic acids is 1. The monoisotopic (exact) mass is 221 g/mol. The molecule has 1 aliphatic rings. The number of amides is 1. The van der Waals surface area contributed by atoms with Crippen LogP contribution >= 0.6 is 0 Å². The molecular weight excluding hydrogens is 206 g/mol. The Balaban J connectivity index is 2.80. The van der Waals surface area contributed by atoms with E-state index in [-0.39, 0.29) is 0 Å². The highest BCUT2D eigenvalue weighted by atomic mass is 16.6. The normalized spacial score (nSPS) is 24.7. The summed E-state index contributed by atoms with van der Waals surface area (Å²) in [5.41, 5.74) is -0.611. The first-order chi connectivity index (χ1) is 7.39. The van der Waals surface area contributed by atoms with Crippen LogP contribution in [-0.2, 0) is 4.74 Å². The summed E-state index contributed by atoms with van der Waals surface area (Å²) in [7, 11) is 0. The van der Waals surface area contributed by atoms with Crippen LogP contribution in [0, 0.1) is 22.7 Å². The Hall–Kier alpha value is -1.75. The summed E-state index contributed by atoms with van der Waals surface area (Å²) >= 11 is 0. The van der Waals surface area contributed by atoms with Crippen LogP contribution in [0.2, 0.25) is 0 Å². The van der Waals surface area contributed by atoms with Crippen molar-refractivity contribution in [3.05, 3.63) is 0 Å². The number of nitriles is 2. The predicted octanol–water partition coefficient (Wildman–Crippen LogP) is 1.80. The molecule has 0 saturated carbocycles. The zero-order valence-electron chi connectivity index (χ0n) is 9.73. The van der Waals surface area contributed by atoms with E-state index in [1.807, 2.05) is 12.1 Å². The van der Waals surface area contributed by atoms with Gasteiger partial charge in [-0.2, -0.15) is 10.5 Å². The molecule has 0 aromatic rings. The summed E-state index contributed by atoms with van der Waals surface area (Å²) in [5.74, 6) is 0. The molecule has 0 unspecified atom stereocenters. The van der Waals surface area contributed by atoms with E-state index in [9.17, 15) is 4.79 Å². The maximum Gasteiger partial charge on any atom is 0.412 e. The van der Waals surface area contributed by atoms with Crippen molar-refractivity contribution in [2.75, 3.05) is 0 Å². The quantitative estimate of drug-likeness (QED) is 0.625. The number of carbonyl (C=O) groups is 1. The van der Waals surface area contributed by atoms with Crippen molar-refractivity contribution in [3.63, 3.8) is 0 Å². The SMILES string of the molecule is CC(C)(C)OC(=O)N1[C@H](C#N)CC[C@@H]1C#N. The summed E-state index contributed by atoms with van der Waals surface area (Å²) in [6.07, 6.45) is 0.491. The van der Waals surface area contributed by atoms with E-state index in [4.69, 9.17) is 15.3 Å². The second-order valence-electron chi connectivity index (χ2n) is 4.75. The summed E-state index contributed by atoms with van der Waals surface area (Å²) < 4.78 is 5.17. The van der Waals surface area contributed by atoms with Gasteiger partial charge >= 0.3 is 6.09 Å². The third-order valence-electron chi connectivity index (χ3n) is 2.29. The molecule has 1 aliphatic heterocycles. The summed E-state index contributed by atoms with van der Waals surface area (Å²) in [6, 6.07) is 2.95. The average molecular weight is 221 g/mol. The fraction of sp³-hybridized carbons (Fsp3) is 0.727. The van der Waals surface area contributed by atoms with Crippen molar-refractivity contribution in [3.8, 4) is 12.1 Å². The lowest BCUT2D eigenvalue weighted by Gasteiger charge is -2.27. The van der Waals surface area contributed by atoms with Gasteiger partial charge in [-0.05, 0) is 33.6 Å². The third-order valence-corrected chi connectivity index (χ3v) is 2.29. The van der Waals surface area contributed by atoms with Crippen LogP contribution in [0.1, 0.15) is 33.6 Å².